The topological polar surface area (TPSA) is 73.4 Å². The number of aromatic amines is 1. The van der Waals surface area contributed by atoms with E-state index < -0.39 is 0 Å². The number of anilines is 1. The predicted molar refractivity (Wildman–Crippen MR) is 89.6 cm³/mol. The highest BCUT2D eigenvalue weighted by molar-refractivity contribution is 6.16. The van der Waals surface area contributed by atoms with Crippen molar-refractivity contribution in [3.05, 3.63) is 60.4 Å². The first-order chi connectivity index (χ1) is 11.3. The molecule has 2 N–H and O–H groups in total. The number of carbonyl (C=O) groups excluding carboxylic acids is 1. The van der Waals surface area contributed by atoms with E-state index in [1.54, 1.807) is 18.3 Å². The van der Waals surface area contributed by atoms with Crippen LogP contribution in [0.1, 0.15) is 11.6 Å². The Bertz CT molecular complexity index is 900. The van der Waals surface area contributed by atoms with Crippen molar-refractivity contribution in [1.29, 1.82) is 0 Å². The molecule has 23 heavy (non-hydrogen) atoms. The molecule has 2 amide bonds. The maximum Gasteiger partial charge on any atom is 0.328 e. The molecule has 1 aliphatic rings. The number of aliphatic imine (C=N–C) groups is 1. The Morgan fingerprint density at radius 2 is 2.00 bits per heavy atom. The fourth-order valence-electron chi connectivity index (χ4n) is 2.93. The summed E-state index contributed by atoms with van der Waals surface area (Å²) in [6.07, 6.45) is 1.64. The van der Waals surface area contributed by atoms with Crippen molar-refractivity contribution in [2.24, 2.45) is 4.99 Å². The first-order valence-corrected chi connectivity index (χ1v) is 7.33. The Kier molecular flexibility index (Phi) is 3.08. The SMILES string of the molecule is C/N=C1/NC(=O)N(c2ccc3[nH]cnc3c2)C1c1ccccc1. The molecule has 6 nitrogen and oxygen atoms in total. The third-order valence-corrected chi connectivity index (χ3v) is 4.01. The number of urea groups is 1. The van der Waals surface area contributed by atoms with E-state index in [4.69, 9.17) is 0 Å². The van der Waals surface area contributed by atoms with Crippen LogP contribution in [0.4, 0.5) is 10.5 Å². The predicted octanol–water partition coefficient (Wildman–Crippen LogP) is 2.86. The highest BCUT2D eigenvalue weighted by atomic mass is 16.2. The number of carbonyl (C=O) groups is 1. The molecule has 114 valence electrons. The molecule has 0 bridgehead atoms. The average molecular weight is 305 g/mol. The third kappa shape index (κ3) is 2.15. The van der Waals surface area contributed by atoms with Gasteiger partial charge in [0.2, 0.25) is 0 Å². The molecule has 1 unspecified atom stereocenters. The molecule has 1 fully saturated rings. The second-order valence-electron chi connectivity index (χ2n) is 5.33. The molecule has 1 aliphatic heterocycles. The van der Waals surface area contributed by atoms with Gasteiger partial charge in [-0.15, -0.1) is 0 Å². The lowest BCUT2D eigenvalue weighted by Gasteiger charge is -2.23. The lowest BCUT2D eigenvalue weighted by Crippen LogP contribution is -2.29. The molecule has 0 saturated carbocycles. The van der Waals surface area contributed by atoms with E-state index in [-0.39, 0.29) is 12.1 Å². The smallest absolute Gasteiger partial charge is 0.328 e. The van der Waals surface area contributed by atoms with Crippen LogP contribution in [-0.4, -0.2) is 28.9 Å². The second-order valence-corrected chi connectivity index (χ2v) is 5.33. The van der Waals surface area contributed by atoms with E-state index in [1.165, 1.54) is 0 Å². The molecule has 3 aromatic rings. The minimum atomic E-state index is -0.259. The van der Waals surface area contributed by atoms with Gasteiger partial charge in [-0.2, -0.15) is 0 Å². The summed E-state index contributed by atoms with van der Waals surface area (Å²) in [5.74, 6) is 0.642. The van der Waals surface area contributed by atoms with Crippen LogP contribution in [0.3, 0.4) is 0 Å². The second kappa shape index (κ2) is 5.24. The highest BCUT2D eigenvalue weighted by Crippen LogP contribution is 2.33. The van der Waals surface area contributed by atoms with E-state index in [0.717, 1.165) is 22.3 Å². The fraction of sp³-hybridized carbons (Fsp3) is 0.118. The van der Waals surface area contributed by atoms with E-state index in [2.05, 4.69) is 20.3 Å². The van der Waals surface area contributed by atoms with Crippen molar-refractivity contribution in [1.82, 2.24) is 15.3 Å². The normalized spacial score (nSPS) is 19.5. The summed E-state index contributed by atoms with van der Waals surface area (Å²) in [5.41, 5.74) is 3.56. The number of amides is 2. The lowest BCUT2D eigenvalue weighted by atomic mass is 10.0. The molecule has 1 aromatic heterocycles. The van der Waals surface area contributed by atoms with Gasteiger partial charge in [-0.3, -0.25) is 15.2 Å². The molecular formula is C17H15N5O. The zero-order chi connectivity index (χ0) is 15.8. The number of hydrogen-bond donors (Lipinski definition) is 2. The standard InChI is InChI=1S/C17H15N5O/c1-18-16-15(11-5-3-2-4-6-11)22(17(23)21-16)12-7-8-13-14(9-12)20-10-19-13/h2-10,15H,1H3,(H,19,20)(H,18,21,23). The van der Waals surface area contributed by atoms with E-state index in [9.17, 15) is 4.79 Å². The Balaban J connectivity index is 1.85. The summed E-state index contributed by atoms with van der Waals surface area (Å²) in [6.45, 7) is 0. The van der Waals surface area contributed by atoms with Gasteiger partial charge in [0.15, 0.2) is 0 Å². The summed E-state index contributed by atoms with van der Waals surface area (Å²) in [6, 6.07) is 15.2. The molecule has 2 aromatic carbocycles. The van der Waals surface area contributed by atoms with E-state index >= 15 is 0 Å². The monoisotopic (exact) mass is 305 g/mol. The molecule has 2 heterocycles. The molecule has 6 heteroatoms. The van der Waals surface area contributed by atoms with Gasteiger partial charge in [-0.25, -0.2) is 9.78 Å². The number of fused-ring (bicyclic) bond motifs is 1. The first-order valence-electron chi connectivity index (χ1n) is 7.33. The Morgan fingerprint density at radius 3 is 2.78 bits per heavy atom. The Hall–Kier alpha value is -3.15. The van der Waals surface area contributed by atoms with Crippen LogP contribution in [0.15, 0.2) is 59.9 Å². The molecule has 0 spiro atoms. The van der Waals surface area contributed by atoms with Crippen LogP contribution in [0.2, 0.25) is 0 Å². The van der Waals surface area contributed by atoms with Crippen LogP contribution in [-0.2, 0) is 0 Å². The molecule has 1 saturated heterocycles. The highest BCUT2D eigenvalue weighted by Gasteiger charge is 2.38. The van der Waals surface area contributed by atoms with Crippen molar-refractivity contribution in [2.75, 3.05) is 11.9 Å². The number of rotatable bonds is 2. The van der Waals surface area contributed by atoms with Crippen LogP contribution in [0.5, 0.6) is 0 Å². The summed E-state index contributed by atoms with van der Waals surface area (Å²) in [4.78, 5) is 25.8. The average Bonchev–Trinajstić information content (AvgIpc) is 3.18. The lowest BCUT2D eigenvalue weighted by molar-refractivity contribution is 0.252. The largest absolute Gasteiger partial charge is 0.345 e. The van der Waals surface area contributed by atoms with E-state index in [0.29, 0.717) is 5.84 Å². The van der Waals surface area contributed by atoms with Crippen LogP contribution in [0, 0.1) is 0 Å². The molecule has 1 atom stereocenters. The summed E-state index contributed by atoms with van der Waals surface area (Å²) >= 11 is 0. The number of H-pyrrole nitrogens is 1. The third-order valence-electron chi connectivity index (χ3n) is 4.01. The van der Waals surface area contributed by atoms with Gasteiger partial charge in [-0.05, 0) is 23.8 Å². The Morgan fingerprint density at radius 1 is 1.17 bits per heavy atom. The zero-order valence-corrected chi connectivity index (χ0v) is 12.5. The van der Waals surface area contributed by atoms with Crippen LogP contribution in [0.25, 0.3) is 11.0 Å². The van der Waals surface area contributed by atoms with Gasteiger partial charge in [-0.1, -0.05) is 30.3 Å². The molecule has 0 radical (unpaired) electrons. The van der Waals surface area contributed by atoms with Crippen molar-refractivity contribution < 1.29 is 4.79 Å². The number of imidazole rings is 1. The van der Waals surface area contributed by atoms with Crippen molar-refractivity contribution >= 4 is 28.6 Å². The van der Waals surface area contributed by atoms with Crippen molar-refractivity contribution in [3.63, 3.8) is 0 Å². The minimum Gasteiger partial charge on any atom is -0.345 e. The number of nitrogens with one attached hydrogen (secondary N) is 2. The zero-order valence-electron chi connectivity index (χ0n) is 12.5. The minimum absolute atomic E-state index is 0.186. The summed E-state index contributed by atoms with van der Waals surface area (Å²) in [5, 5.41) is 2.85. The van der Waals surface area contributed by atoms with Gasteiger partial charge in [0.05, 0.1) is 17.4 Å². The molecule has 0 aliphatic carbocycles. The Labute approximate surface area is 132 Å². The van der Waals surface area contributed by atoms with Gasteiger partial charge >= 0.3 is 6.03 Å². The van der Waals surface area contributed by atoms with Gasteiger partial charge in [0, 0.05) is 12.7 Å². The number of amidine groups is 1. The van der Waals surface area contributed by atoms with Crippen LogP contribution >= 0.6 is 0 Å². The van der Waals surface area contributed by atoms with E-state index in [1.807, 2.05) is 48.5 Å². The van der Waals surface area contributed by atoms with Gasteiger partial charge < -0.3 is 4.98 Å². The van der Waals surface area contributed by atoms with Crippen molar-refractivity contribution in [3.8, 4) is 0 Å². The molecular weight excluding hydrogens is 290 g/mol. The fourth-order valence-corrected chi connectivity index (χ4v) is 2.93. The maximum atomic E-state index is 12.5. The number of aromatic nitrogens is 2. The quantitative estimate of drug-likeness (QED) is 0.764. The van der Waals surface area contributed by atoms with Gasteiger partial charge in [0.25, 0.3) is 0 Å². The molecule has 4 rings (SSSR count). The number of hydrogen-bond acceptors (Lipinski definition) is 3. The van der Waals surface area contributed by atoms with Crippen molar-refractivity contribution in [2.45, 2.75) is 6.04 Å². The summed E-state index contributed by atoms with van der Waals surface area (Å²) in [7, 11) is 1.69. The summed E-state index contributed by atoms with van der Waals surface area (Å²) < 4.78 is 0. The van der Waals surface area contributed by atoms with Crippen LogP contribution < -0.4 is 10.2 Å². The number of benzene rings is 2. The maximum absolute atomic E-state index is 12.5. The number of nitrogens with zero attached hydrogens (tertiary/aromatic N) is 3. The van der Waals surface area contributed by atoms with Gasteiger partial charge in [0.1, 0.15) is 11.9 Å². The first kappa shape index (κ1) is 13.5.